The number of nitriles is 1. The van der Waals surface area contributed by atoms with Gasteiger partial charge in [-0.15, -0.1) is 0 Å². The number of rotatable bonds is 11. The summed E-state index contributed by atoms with van der Waals surface area (Å²) >= 11 is 0. The highest BCUT2D eigenvalue weighted by atomic mass is 28.4. The molecule has 190 valence electrons. The molecule has 0 fully saturated rings. The van der Waals surface area contributed by atoms with Crippen molar-refractivity contribution >= 4 is 14.2 Å². The Labute approximate surface area is 215 Å². The van der Waals surface area contributed by atoms with E-state index in [0.717, 1.165) is 29.7 Å². The Balaban J connectivity index is 1.62. The van der Waals surface area contributed by atoms with Crippen LogP contribution < -0.4 is 10.5 Å². The lowest BCUT2D eigenvalue weighted by atomic mass is 10.0. The molecule has 0 spiro atoms. The van der Waals surface area contributed by atoms with Crippen LogP contribution in [-0.2, 0) is 11.0 Å². The molecule has 2 N–H and O–H groups in total. The van der Waals surface area contributed by atoms with Crippen molar-refractivity contribution in [2.24, 2.45) is 5.73 Å². The summed E-state index contributed by atoms with van der Waals surface area (Å²) < 4.78 is 14.7. The van der Waals surface area contributed by atoms with E-state index in [9.17, 15) is 4.79 Å². The molecule has 7 nitrogen and oxygen atoms in total. The number of primary amides is 1. The van der Waals surface area contributed by atoms with Gasteiger partial charge in [-0.1, -0.05) is 45.0 Å². The van der Waals surface area contributed by atoms with Crippen LogP contribution in [0.1, 0.15) is 49.7 Å². The first-order valence-electron chi connectivity index (χ1n) is 12.2. The van der Waals surface area contributed by atoms with E-state index in [0.29, 0.717) is 18.7 Å². The Morgan fingerprint density at radius 1 is 1.17 bits per heavy atom. The van der Waals surface area contributed by atoms with Crippen LogP contribution in [0.2, 0.25) is 18.1 Å². The average Bonchev–Trinajstić information content (AvgIpc) is 3.30. The van der Waals surface area contributed by atoms with Crippen molar-refractivity contribution < 1.29 is 14.0 Å². The molecule has 0 radical (unpaired) electrons. The molecule has 8 heteroatoms. The first kappa shape index (κ1) is 27.2. The van der Waals surface area contributed by atoms with E-state index in [2.05, 4.69) is 44.9 Å². The van der Waals surface area contributed by atoms with Crippen molar-refractivity contribution in [3.63, 3.8) is 0 Å². The molecule has 1 atom stereocenters. The number of hydrogen-bond acceptors (Lipinski definition) is 5. The summed E-state index contributed by atoms with van der Waals surface area (Å²) in [5.41, 5.74) is 8.34. The lowest BCUT2D eigenvalue weighted by Crippen LogP contribution is -2.45. The van der Waals surface area contributed by atoms with E-state index in [-0.39, 0.29) is 16.8 Å². The first-order chi connectivity index (χ1) is 17.0. The summed E-state index contributed by atoms with van der Waals surface area (Å²) in [4.78, 5) is 15.5. The maximum atomic E-state index is 11.4. The van der Waals surface area contributed by atoms with Crippen molar-refractivity contribution in [1.82, 2.24) is 9.55 Å². The molecule has 0 aliphatic heterocycles. The summed E-state index contributed by atoms with van der Waals surface area (Å²) in [7, 11) is -2.00. The second-order valence-corrected chi connectivity index (χ2v) is 15.3. The predicted molar refractivity (Wildman–Crippen MR) is 144 cm³/mol. The molecule has 36 heavy (non-hydrogen) atoms. The number of imidazole rings is 1. The molecule has 1 aromatic heterocycles. The quantitative estimate of drug-likeness (QED) is 0.264. The van der Waals surface area contributed by atoms with Gasteiger partial charge in [0.05, 0.1) is 30.7 Å². The Morgan fingerprint density at radius 3 is 2.50 bits per heavy atom. The number of ether oxygens (including phenoxy) is 1. The molecule has 1 unspecified atom stereocenters. The maximum Gasteiger partial charge on any atom is 0.268 e. The van der Waals surface area contributed by atoms with Gasteiger partial charge in [-0.05, 0) is 66.4 Å². The molecule has 0 saturated carbocycles. The topological polar surface area (TPSA) is 103 Å². The number of aromatic nitrogens is 2. The van der Waals surface area contributed by atoms with Gasteiger partial charge >= 0.3 is 0 Å². The third-order valence-corrected chi connectivity index (χ3v) is 11.2. The van der Waals surface area contributed by atoms with Gasteiger partial charge in [-0.25, -0.2) is 4.98 Å². The minimum Gasteiger partial charge on any atom is -0.494 e. The largest absolute Gasteiger partial charge is 0.494 e. The molecule has 2 aromatic carbocycles. The highest BCUT2D eigenvalue weighted by Gasteiger charge is 2.39. The van der Waals surface area contributed by atoms with Gasteiger partial charge in [0.15, 0.2) is 8.32 Å². The monoisotopic (exact) mass is 504 g/mol. The minimum atomic E-state index is -2.00. The summed E-state index contributed by atoms with van der Waals surface area (Å²) in [5.74, 6) is 0.270. The van der Waals surface area contributed by atoms with Gasteiger partial charge in [0, 0.05) is 12.7 Å². The normalized spacial score (nSPS) is 12.7. The van der Waals surface area contributed by atoms with Crippen molar-refractivity contribution in [3.05, 3.63) is 72.3 Å². The Hall–Kier alpha value is -3.41. The fourth-order valence-electron chi connectivity index (χ4n) is 3.61. The van der Waals surface area contributed by atoms with Gasteiger partial charge in [0.2, 0.25) is 0 Å². The summed E-state index contributed by atoms with van der Waals surface area (Å²) in [6, 6.07) is 17.6. The fraction of sp³-hybridized carbons (Fsp3) is 0.393. The molecule has 3 rings (SSSR count). The van der Waals surface area contributed by atoms with Gasteiger partial charge < -0.3 is 19.5 Å². The van der Waals surface area contributed by atoms with Gasteiger partial charge in [0.1, 0.15) is 11.4 Å². The predicted octanol–water partition coefficient (Wildman–Crippen LogP) is 5.77. The molecule has 0 aliphatic rings. The van der Waals surface area contributed by atoms with Gasteiger partial charge in [-0.3, -0.25) is 4.79 Å². The third kappa shape index (κ3) is 7.29. The molecular formula is C28H36N4O3Si. The van der Waals surface area contributed by atoms with Crippen LogP contribution in [0.5, 0.6) is 5.75 Å². The van der Waals surface area contributed by atoms with Gasteiger partial charge in [-0.2, -0.15) is 5.26 Å². The molecule has 0 bridgehead atoms. The van der Waals surface area contributed by atoms with Crippen LogP contribution in [0.4, 0.5) is 0 Å². The summed E-state index contributed by atoms with van der Waals surface area (Å²) in [6.07, 6.45) is 4.90. The molecule has 0 saturated heterocycles. The van der Waals surface area contributed by atoms with Crippen molar-refractivity contribution in [3.8, 4) is 22.9 Å². The van der Waals surface area contributed by atoms with Crippen LogP contribution in [0, 0.1) is 11.3 Å². The Morgan fingerprint density at radius 2 is 1.89 bits per heavy atom. The highest BCUT2D eigenvalue weighted by molar-refractivity contribution is 6.74. The zero-order valence-electron chi connectivity index (χ0n) is 21.8. The van der Waals surface area contributed by atoms with E-state index >= 15 is 0 Å². The average molecular weight is 505 g/mol. The van der Waals surface area contributed by atoms with Crippen LogP contribution in [0.3, 0.4) is 0 Å². The van der Waals surface area contributed by atoms with E-state index in [4.69, 9.17) is 20.2 Å². The Bertz CT molecular complexity index is 1210. The molecular weight excluding hydrogens is 468 g/mol. The number of hydrogen-bond donors (Lipinski definition) is 1. The van der Waals surface area contributed by atoms with Crippen LogP contribution in [0.15, 0.2) is 61.1 Å². The lowest BCUT2D eigenvalue weighted by molar-refractivity contribution is 0.0995. The highest BCUT2D eigenvalue weighted by Crippen LogP contribution is 2.38. The number of nitrogens with two attached hydrogens (primary N) is 1. The van der Waals surface area contributed by atoms with E-state index < -0.39 is 14.2 Å². The van der Waals surface area contributed by atoms with Crippen LogP contribution >= 0.6 is 0 Å². The summed E-state index contributed by atoms with van der Waals surface area (Å²) in [5, 5.41) is 9.09. The number of nitrogens with zero attached hydrogens (tertiary/aromatic N) is 3. The van der Waals surface area contributed by atoms with E-state index in [1.165, 1.54) is 0 Å². The third-order valence-electron chi connectivity index (χ3n) is 6.69. The zero-order chi connectivity index (χ0) is 26.3. The molecule has 0 aliphatic carbocycles. The van der Waals surface area contributed by atoms with Crippen LogP contribution in [0.25, 0.3) is 11.1 Å². The Kier molecular flexibility index (Phi) is 8.72. The van der Waals surface area contributed by atoms with E-state index in [1.54, 1.807) is 12.5 Å². The van der Waals surface area contributed by atoms with Crippen molar-refractivity contribution in [2.45, 2.75) is 64.4 Å². The number of benzene rings is 2. The minimum absolute atomic E-state index is 0.0330. The SMILES string of the molecule is CC(C)(C)[Si](C)(C)OC(CCCOc1cccc(-c2ccc(C#N)cc2)c1)Cn1cnc(C(N)=O)c1. The smallest absolute Gasteiger partial charge is 0.268 e. The van der Waals surface area contributed by atoms with E-state index in [1.807, 2.05) is 53.1 Å². The molecule has 3 aromatic rings. The second kappa shape index (κ2) is 11.5. The number of carbonyl (C=O) groups is 1. The summed E-state index contributed by atoms with van der Waals surface area (Å²) in [6.45, 7) is 12.3. The fourth-order valence-corrected chi connectivity index (χ4v) is 4.99. The van der Waals surface area contributed by atoms with Crippen LogP contribution in [-0.4, -0.2) is 36.5 Å². The first-order valence-corrected chi connectivity index (χ1v) is 15.1. The zero-order valence-corrected chi connectivity index (χ0v) is 22.8. The standard InChI is InChI=1S/C28H36N4O3Si/c1-28(2,3)36(4,5)35-25(18-32-19-26(27(30)33)31-20-32)10-7-15-34-24-9-6-8-23(16-24)22-13-11-21(17-29)12-14-22/h6,8-9,11-14,16,19-20,25H,7,10,15,18H2,1-5H3,(H2,30,33). The van der Waals surface area contributed by atoms with Crippen molar-refractivity contribution in [1.29, 1.82) is 5.26 Å². The molecule has 1 amide bonds. The number of amides is 1. The second-order valence-electron chi connectivity index (χ2n) is 10.5. The molecule has 1 heterocycles. The lowest BCUT2D eigenvalue weighted by Gasteiger charge is -2.39. The van der Waals surface area contributed by atoms with Crippen molar-refractivity contribution in [2.75, 3.05) is 6.61 Å². The number of carbonyl (C=O) groups excluding carboxylic acids is 1. The maximum absolute atomic E-state index is 11.4. The van der Waals surface area contributed by atoms with Gasteiger partial charge in [0.25, 0.3) is 5.91 Å².